The highest BCUT2D eigenvalue weighted by Crippen LogP contribution is 2.41. The van der Waals surface area contributed by atoms with Gasteiger partial charge < -0.3 is 4.42 Å². The molecule has 0 saturated heterocycles. The van der Waals surface area contributed by atoms with Gasteiger partial charge in [0.05, 0.1) is 5.38 Å². The maximum Gasteiger partial charge on any atom is 0.139 e. The summed E-state index contributed by atoms with van der Waals surface area (Å²) in [5.74, 6) is 0.902. The molecule has 17 heavy (non-hydrogen) atoms. The van der Waals surface area contributed by atoms with Crippen LogP contribution in [0.1, 0.15) is 47.3 Å². The van der Waals surface area contributed by atoms with Gasteiger partial charge in [0, 0.05) is 0 Å². The lowest BCUT2D eigenvalue weighted by atomic mass is 10.4. The van der Waals surface area contributed by atoms with Crippen molar-refractivity contribution in [2.24, 2.45) is 0 Å². The SMILES string of the molecule is C=Cc1ccc([Si](C(C)C)(C(C)C)C(C)C)o1. The maximum atomic E-state index is 6.03. The van der Waals surface area contributed by atoms with Crippen LogP contribution < -0.4 is 5.38 Å². The van der Waals surface area contributed by atoms with Crippen molar-refractivity contribution < 1.29 is 4.42 Å². The third-order valence-corrected chi connectivity index (χ3v) is 11.0. The average Bonchev–Trinajstić information content (AvgIpc) is 2.65. The molecule has 0 aliphatic carbocycles. The van der Waals surface area contributed by atoms with Gasteiger partial charge in [0.1, 0.15) is 13.8 Å². The van der Waals surface area contributed by atoms with E-state index in [0.29, 0.717) is 16.6 Å². The number of hydrogen-bond donors (Lipinski definition) is 0. The quantitative estimate of drug-likeness (QED) is 0.684. The van der Waals surface area contributed by atoms with Crippen LogP contribution in [-0.4, -0.2) is 8.07 Å². The van der Waals surface area contributed by atoms with Gasteiger partial charge in [-0.2, -0.15) is 0 Å². The molecule has 0 radical (unpaired) electrons. The molecule has 1 nitrogen and oxygen atoms in total. The maximum absolute atomic E-state index is 6.03. The molecule has 0 saturated carbocycles. The van der Waals surface area contributed by atoms with Gasteiger partial charge in [-0.3, -0.25) is 0 Å². The van der Waals surface area contributed by atoms with E-state index in [-0.39, 0.29) is 0 Å². The smallest absolute Gasteiger partial charge is 0.139 e. The van der Waals surface area contributed by atoms with E-state index in [0.717, 1.165) is 5.76 Å². The molecule has 0 N–H and O–H groups in total. The number of rotatable bonds is 5. The van der Waals surface area contributed by atoms with Crippen LogP contribution in [0, 0.1) is 0 Å². The first kappa shape index (κ1) is 14.3. The van der Waals surface area contributed by atoms with Gasteiger partial charge in [0.15, 0.2) is 0 Å². The van der Waals surface area contributed by atoms with E-state index in [1.807, 2.05) is 0 Å². The normalized spacial score (nSPS) is 12.8. The Labute approximate surface area is 107 Å². The molecule has 2 heteroatoms. The Balaban J connectivity index is 3.35. The minimum atomic E-state index is -1.61. The van der Waals surface area contributed by atoms with E-state index < -0.39 is 8.07 Å². The lowest BCUT2D eigenvalue weighted by molar-refractivity contribution is 0.577. The van der Waals surface area contributed by atoms with Gasteiger partial charge in [0.2, 0.25) is 0 Å². The standard InChI is InChI=1S/C15H26OSi/c1-8-14-9-10-15(16-14)17(11(2)3,12(4)5)13(6)7/h8-13H,1H2,2-7H3. The van der Waals surface area contributed by atoms with Gasteiger partial charge >= 0.3 is 0 Å². The van der Waals surface area contributed by atoms with E-state index in [9.17, 15) is 0 Å². The summed E-state index contributed by atoms with van der Waals surface area (Å²) in [4.78, 5) is 0. The fraction of sp³-hybridized carbons (Fsp3) is 0.600. The molecule has 0 spiro atoms. The van der Waals surface area contributed by atoms with Crippen LogP contribution in [0.5, 0.6) is 0 Å². The van der Waals surface area contributed by atoms with Crippen LogP contribution in [-0.2, 0) is 0 Å². The van der Waals surface area contributed by atoms with E-state index in [4.69, 9.17) is 4.42 Å². The second kappa shape index (κ2) is 5.26. The molecule has 0 fully saturated rings. The summed E-state index contributed by atoms with van der Waals surface area (Å²) in [7, 11) is -1.61. The predicted octanol–water partition coefficient (Wildman–Crippen LogP) is 4.81. The summed E-state index contributed by atoms with van der Waals surface area (Å²) < 4.78 is 6.03. The van der Waals surface area contributed by atoms with Crippen molar-refractivity contribution in [3.63, 3.8) is 0 Å². The van der Waals surface area contributed by atoms with Crippen LogP contribution in [0.4, 0.5) is 0 Å². The van der Waals surface area contributed by atoms with Crippen molar-refractivity contribution in [2.75, 3.05) is 0 Å². The lowest BCUT2D eigenvalue weighted by Gasteiger charge is -2.41. The molecule has 0 atom stereocenters. The number of furan rings is 1. The third-order valence-electron chi connectivity index (χ3n) is 4.12. The third kappa shape index (κ3) is 2.28. The Morgan fingerprint density at radius 3 is 1.76 bits per heavy atom. The Morgan fingerprint density at radius 2 is 1.47 bits per heavy atom. The van der Waals surface area contributed by atoms with E-state index in [1.54, 1.807) is 6.08 Å². The summed E-state index contributed by atoms with van der Waals surface area (Å²) in [6, 6.07) is 4.24. The van der Waals surface area contributed by atoms with E-state index >= 15 is 0 Å². The van der Waals surface area contributed by atoms with Crippen LogP contribution in [0.3, 0.4) is 0 Å². The molecule has 0 aliphatic rings. The zero-order valence-corrected chi connectivity index (χ0v) is 13.1. The van der Waals surface area contributed by atoms with Gasteiger partial charge in [-0.25, -0.2) is 0 Å². The largest absolute Gasteiger partial charge is 0.467 e. The first-order valence-corrected chi connectivity index (χ1v) is 8.83. The second-order valence-corrected chi connectivity index (χ2v) is 11.6. The van der Waals surface area contributed by atoms with Gasteiger partial charge in [-0.1, -0.05) is 48.1 Å². The van der Waals surface area contributed by atoms with Crippen molar-refractivity contribution >= 4 is 19.5 Å². The summed E-state index contributed by atoms with van der Waals surface area (Å²) in [5, 5.41) is 1.24. The lowest BCUT2D eigenvalue weighted by Crippen LogP contribution is -2.55. The Bertz CT molecular complexity index is 352. The zero-order chi connectivity index (χ0) is 13.2. The average molecular weight is 250 g/mol. The Morgan fingerprint density at radius 1 is 1.00 bits per heavy atom. The zero-order valence-electron chi connectivity index (χ0n) is 12.1. The first-order valence-electron chi connectivity index (χ1n) is 6.60. The molecule has 0 aromatic carbocycles. The van der Waals surface area contributed by atoms with Crippen LogP contribution in [0.25, 0.3) is 6.08 Å². The predicted molar refractivity (Wildman–Crippen MR) is 79.5 cm³/mol. The minimum Gasteiger partial charge on any atom is -0.467 e. The molecule has 1 aromatic heterocycles. The highest BCUT2D eigenvalue weighted by molar-refractivity contribution is 6.94. The van der Waals surface area contributed by atoms with Gasteiger partial charge in [-0.05, 0) is 34.8 Å². The Hall–Kier alpha value is -0.763. The summed E-state index contributed by atoms with van der Waals surface area (Å²) in [5.41, 5.74) is 2.06. The molecular formula is C15H26OSi. The molecule has 0 unspecified atom stereocenters. The molecule has 1 rings (SSSR count). The molecule has 96 valence electrons. The fourth-order valence-corrected chi connectivity index (χ4v) is 9.92. The monoisotopic (exact) mass is 250 g/mol. The highest BCUT2D eigenvalue weighted by atomic mass is 28.3. The van der Waals surface area contributed by atoms with Crippen LogP contribution >= 0.6 is 0 Å². The van der Waals surface area contributed by atoms with Gasteiger partial charge in [0.25, 0.3) is 0 Å². The van der Waals surface area contributed by atoms with Gasteiger partial charge in [-0.15, -0.1) is 0 Å². The summed E-state index contributed by atoms with van der Waals surface area (Å²) in [6.07, 6.45) is 1.80. The molecule has 0 bridgehead atoms. The van der Waals surface area contributed by atoms with Crippen molar-refractivity contribution in [1.29, 1.82) is 0 Å². The molecule has 0 aliphatic heterocycles. The molecule has 0 amide bonds. The number of hydrogen-bond acceptors (Lipinski definition) is 1. The fourth-order valence-electron chi connectivity index (χ4n) is 3.55. The first-order chi connectivity index (χ1) is 7.87. The molecule has 1 aromatic rings. The van der Waals surface area contributed by atoms with E-state index in [2.05, 4.69) is 60.3 Å². The van der Waals surface area contributed by atoms with Crippen molar-refractivity contribution in [1.82, 2.24) is 0 Å². The molecule has 1 heterocycles. The highest BCUT2D eigenvalue weighted by Gasteiger charge is 2.47. The van der Waals surface area contributed by atoms with Crippen molar-refractivity contribution in [3.8, 4) is 0 Å². The minimum absolute atomic E-state index is 0.686. The van der Waals surface area contributed by atoms with Crippen LogP contribution in [0.15, 0.2) is 23.1 Å². The van der Waals surface area contributed by atoms with Crippen LogP contribution in [0.2, 0.25) is 16.6 Å². The summed E-state index contributed by atoms with van der Waals surface area (Å²) >= 11 is 0. The van der Waals surface area contributed by atoms with E-state index in [1.165, 1.54) is 5.38 Å². The second-order valence-electron chi connectivity index (χ2n) is 5.80. The molecular weight excluding hydrogens is 224 g/mol. The van der Waals surface area contributed by atoms with Crippen molar-refractivity contribution in [3.05, 3.63) is 24.5 Å². The summed E-state index contributed by atoms with van der Waals surface area (Å²) in [6.45, 7) is 17.9. The topological polar surface area (TPSA) is 13.1 Å². The Kier molecular flexibility index (Phi) is 4.42. The van der Waals surface area contributed by atoms with Crippen molar-refractivity contribution in [2.45, 2.75) is 58.2 Å².